The number of anilines is 1. The van der Waals surface area contributed by atoms with E-state index in [9.17, 15) is 0 Å². The minimum Gasteiger partial charge on any atom is -0.355 e. The van der Waals surface area contributed by atoms with Crippen molar-refractivity contribution in [2.75, 3.05) is 18.0 Å². The molecule has 2 heterocycles. The lowest BCUT2D eigenvalue weighted by atomic mass is 9.74. The van der Waals surface area contributed by atoms with Gasteiger partial charge in [0.25, 0.3) is 0 Å². The van der Waals surface area contributed by atoms with Crippen molar-refractivity contribution in [3.05, 3.63) is 17.5 Å². The first-order valence-corrected chi connectivity index (χ1v) is 6.79. The fourth-order valence-electron chi connectivity index (χ4n) is 2.65. The summed E-state index contributed by atoms with van der Waals surface area (Å²) < 4.78 is 0. The van der Waals surface area contributed by atoms with E-state index in [-0.39, 0.29) is 0 Å². The smallest absolute Gasteiger partial charge is 0.149 e. The van der Waals surface area contributed by atoms with Crippen LogP contribution in [0.1, 0.15) is 39.5 Å². The van der Waals surface area contributed by atoms with Gasteiger partial charge in [-0.25, -0.2) is 4.98 Å². The highest BCUT2D eigenvalue weighted by atomic mass is 35.5. The second-order valence-electron chi connectivity index (χ2n) is 4.89. The molecular weight excluding hydrogens is 234 g/mol. The van der Waals surface area contributed by atoms with Gasteiger partial charge in [0.2, 0.25) is 0 Å². The predicted octanol–water partition coefficient (Wildman–Crippen LogP) is 3.54. The first-order valence-electron chi connectivity index (χ1n) is 6.41. The van der Waals surface area contributed by atoms with E-state index < -0.39 is 0 Å². The molecule has 1 aromatic rings. The number of rotatable bonds is 3. The summed E-state index contributed by atoms with van der Waals surface area (Å²) in [6.07, 6.45) is 8.42. The van der Waals surface area contributed by atoms with E-state index in [1.54, 1.807) is 12.4 Å². The Labute approximate surface area is 108 Å². The molecule has 0 bridgehead atoms. The molecular formula is C13H20ClN3. The summed E-state index contributed by atoms with van der Waals surface area (Å²) in [6.45, 7) is 6.74. The lowest BCUT2D eigenvalue weighted by Crippen LogP contribution is -2.40. The van der Waals surface area contributed by atoms with Crippen molar-refractivity contribution in [1.82, 2.24) is 9.97 Å². The van der Waals surface area contributed by atoms with Gasteiger partial charge < -0.3 is 4.90 Å². The molecule has 1 aliphatic rings. The van der Waals surface area contributed by atoms with Gasteiger partial charge in [0.05, 0.1) is 12.4 Å². The fraction of sp³-hybridized carbons (Fsp3) is 0.692. The summed E-state index contributed by atoms with van der Waals surface area (Å²) in [4.78, 5) is 10.7. The molecule has 0 amide bonds. The Morgan fingerprint density at radius 1 is 1.24 bits per heavy atom. The molecule has 2 rings (SSSR count). The average Bonchev–Trinajstić information content (AvgIpc) is 2.39. The third kappa shape index (κ3) is 2.71. The zero-order valence-corrected chi connectivity index (χ0v) is 11.4. The van der Waals surface area contributed by atoms with Crippen molar-refractivity contribution >= 4 is 17.4 Å². The van der Waals surface area contributed by atoms with Gasteiger partial charge in [-0.1, -0.05) is 38.3 Å². The van der Waals surface area contributed by atoms with E-state index in [1.807, 2.05) is 0 Å². The van der Waals surface area contributed by atoms with Crippen LogP contribution < -0.4 is 4.90 Å². The Balaban J connectivity index is 2.04. The molecule has 1 saturated heterocycles. The van der Waals surface area contributed by atoms with Crippen LogP contribution in [0.2, 0.25) is 5.15 Å². The molecule has 0 unspecified atom stereocenters. The largest absolute Gasteiger partial charge is 0.355 e. The van der Waals surface area contributed by atoms with Gasteiger partial charge in [-0.05, 0) is 18.3 Å². The molecule has 0 atom stereocenters. The summed E-state index contributed by atoms with van der Waals surface area (Å²) in [5, 5.41) is 0.477. The second-order valence-corrected chi connectivity index (χ2v) is 5.28. The van der Waals surface area contributed by atoms with Crippen molar-refractivity contribution in [3.8, 4) is 0 Å². The maximum atomic E-state index is 5.87. The molecule has 0 aromatic carbocycles. The minimum absolute atomic E-state index is 0.477. The van der Waals surface area contributed by atoms with Crippen LogP contribution in [0, 0.1) is 5.41 Å². The summed E-state index contributed by atoms with van der Waals surface area (Å²) in [7, 11) is 0. The molecule has 3 nitrogen and oxygen atoms in total. The number of aromatic nitrogens is 2. The molecule has 1 fully saturated rings. The van der Waals surface area contributed by atoms with Crippen LogP contribution >= 0.6 is 11.6 Å². The second kappa shape index (κ2) is 5.21. The van der Waals surface area contributed by atoms with Crippen LogP contribution in [-0.4, -0.2) is 23.1 Å². The average molecular weight is 254 g/mol. The normalized spacial score (nSPS) is 19.4. The fourth-order valence-corrected chi connectivity index (χ4v) is 2.80. The third-order valence-electron chi connectivity index (χ3n) is 4.24. The van der Waals surface area contributed by atoms with Crippen LogP contribution in [-0.2, 0) is 0 Å². The number of piperidine rings is 1. The molecule has 1 aliphatic heterocycles. The Morgan fingerprint density at radius 2 is 1.88 bits per heavy atom. The summed E-state index contributed by atoms with van der Waals surface area (Å²) in [6, 6.07) is 0. The first kappa shape index (κ1) is 12.6. The first-order chi connectivity index (χ1) is 8.19. The molecule has 0 spiro atoms. The van der Waals surface area contributed by atoms with Crippen molar-refractivity contribution in [2.24, 2.45) is 5.41 Å². The lowest BCUT2D eigenvalue weighted by molar-refractivity contribution is 0.199. The van der Waals surface area contributed by atoms with Crippen molar-refractivity contribution in [2.45, 2.75) is 39.5 Å². The number of hydrogen-bond donors (Lipinski definition) is 0. The molecule has 0 radical (unpaired) electrons. The van der Waals surface area contributed by atoms with Gasteiger partial charge in [-0.3, -0.25) is 4.98 Å². The monoisotopic (exact) mass is 253 g/mol. The molecule has 94 valence electrons. The van der Waals surface area contributed by atoms with Gasteiger partial charge in [-0.15, -0.1) is 0 Å². The number of halogens is 1. The van der Waals surface area contributed by atoms with Gasteiger partial charge in [0.1, 0.15) is 11.0 Å². The van der Waals surface area contributed by atoms with E-state index in [0.29, 0.717) is 10.6 Å². The molecule has 1 aromatic heterocycles. The molecule has 0 aliphatic carbocycles. The van der Waals surface area contributed by atoms with Crippen LogP contribution in [0.5, 0.6) is 0 Å². The quantitative estimate of drug-likeness (QED) is 0.825. The third-order valence-corrected chi connectivity index (χ3v) is 4.42. The molecule has 0 N–H and O–H groups in total. The van der Waals surface area contributed by atoms with Crippen molar-refractivity contribution in [3.63, 3.8) is 0 Å². The zero-order valence-electron chi connectivity index (χ0n) is 10.6. The Hall–Kier alpha value is -0.830. The van der Waals surface area contributed by atoms with Crippen LogP contribution in [0.4, 0.5) is 5.82 Å². The van der Waals surface area contributed by atoms with E-state index in [1.165, 1.54) is 25.7 Å². The number of hydrogen-bond acceptors (Lipinski definition) is 3. The highest BCUT2D eigenvalue weighted by Gasteiger charge is 2.31. The summed E-state index contributed by atoms with van der Waals surface area (Å²) in [5.41, 5.74) is 0.544. The van der Waals surface area contributed by atoms with Crippen molar-refractivity contribution < 1.29 is 0 Å². The summed E-state index contributed by atoms with van der Waals surface area (Å²) >= 11 is 5.87. The van der Waals surface area contributed by atoms with Gasteiger partial charge in [0, 0.05) is 13.1 Å². The van der Waals surface area contributed by atoms with Gasteiger partial charge in [-0.2, -0.15) is 0 Å². The predicted molar refractivity (Wildman–Crippen MR) is 71.5 cm³/mol. The zero-order chi connectivity index (χ0) is 12.3. The topological polar surface area (TPSA) is 29.0 Å². The minimum atomic E-state index is 0.477. The molecule has 0 saturated carbocycles. The SMILES string of the molecule is CCC1(CC)CCN(c2cncc(Cl)n2)CC1. The standard InChI is InChI=1S/C13H20ClN3/c1-3-13(4-2)5-7-17(8-6-13)12-10-15-9-11(14)16-12/h9-10H,3-8H2,1-2H3. The highest BCUT2D eigenvalue weighted by Crippen LogP contribution is 2.38. The lowest BCUT2D eigenvalue weighted by Gasteiger charge is -2.41. The van der Waals surface area contributed by atoms with Crippen LogP contribution in [0.25, 0.3) is 0 Å². The van der Waals surface area contributed by atoms with Gasteiger partial charge in [0.15, 0.2) is 0 Å². The van der Waals surface area contributed by atoms with E-state index in [4.69, 9.17) is 11.6 Å². The summed E-state index contributed by atoms with van der Waals surface area (Å²) in [5.74, 6) is 0.915. The van der Waals surface area contributed by atoms with Crippen LogP contribution in [0.3, 0.4) is 0 Å². The number of nitrogens with zero attached hydrogens (tertiary/aromatic N) is 3. The van der Waals surface area contributed by atoms with Crippen LogP contribution in [0.15, 0.2) is 12.4 Å². The van der Waals surface area contributed by atoms with Crippen molar-refractivity contribution in [1.29, 1.82) is 0 Å². The molecule has 17 heavy (non-hydrogen) atoms. The maximum absolute atomic E-state index is 5.87. The van der Waals surface area contributed by atoms with E-state index in [0.717, 1.165) is 18.9 Å². The Morgan fingerprint density at radius 3 is 2.41 bits per heavy atom. The molecule has 4 heteroatoms. The Kier molecular flexibility index (Phi) is 3.87. The van der Waals surface area contributed by atoms with E-state index >= 15 is 0 Å². The van der Waals surface area contributed by atoms with E-state index in [2.05, 4.69) is 28.7 Å². The Bertz CT molecular complexity index is 367. The highest BCUT2D eigenvalue weighted by molar-refractivity contribution is 6.29. The maximum Gasteiger partial charge on any atom is 0.149 e. The van der Waals surface area contributed by atoms with Gasteiger partial charge >= 0.3 is 0 Å².